The van der Waals surface area contributed by atoms with Gasteiger partial charge in [-0.25, -0.2) is 4.39 Å². The molecule has 0 heterocycles. The summed E-state index contributed by atoms with van der Waals surface area (Å²) in [5.74, 6) is -2.12. The molecule has 0 saturated heterocycles. The van der Waals surface area contributed by atoms with E-state index in [0.29, 0.717) is 0 Å². The summed E-state index contributed by atoms with van der Waals surface area (Å²) >= 11 is 0. The Hall–Kier alpha value is -1.76. The molecule has 1 amide bonds. The molecule has 0 spiro atoms. The minimum atomic E-state index is -3.11. The number of hydrogen-bond donors (Lipinski definition) is 2. The van der Waals surface area contributed by atoms with E-state index in [1.54, 1.807) is 13.8 Å². The maximum Gasteiger partial charge on any atom is 0.387 e. The summed E-state index contributed by atoms with van der Waals surface area (Å²) in [5.41, 5.74) is 5.74. The molecule has 0 saturated carbocycles. The first-order valence-electron chi connectivity index (χ1n) is 5.62. The van der Waals surface area contributed by atoms with E-state index in [0.717, 1.165) is 12.1 Å². The van der Waals surface area contributed by atoms with E-state index < -0.39 is 30.1 Å². The van der Waals surface area contributed by atoms with Crippen LogP contribution in [0.5, 0.6) is 5.75 Å². The molecule has 0 aromatic heterocycles. The minimum Gasteiger partial charge on any atom is -0.432 e. The summed E-state index contributed by atoms with van der Waals surface area (Å²) in [6, 6.07) is 2.42. The highest BCUT2D eigenvalue weighted by Gasteiger charge is 2.18. The Morgan fingerprint density at radius 2 is 2.00 bits per heavy atom. The van der Waals surface area contributed by atoms with Crippen molar-refractivity contribution < 1.29 is 22.7 Å². The van der Waals surface area contributed by atoms with Crippen LogP contribution in [0.25, 0.3) is 0 Å². The van der Waals surface area contributed by atoms with Crippen molar-refractivity contribution in [2.75, 3.05) is 5.32 Å². The Bertz CT molecular complexity index is 453. The molecule has 4 nitrogen and oxygen atoms in total. The second-order valence-corrected chi connectivity index (χ2v) is 4.28. The Morgan fingerprint density at radius 3 is 2.47 bits per heavy atom. The van der Waals surface area contributed by atoms with E-state index >= 15 is 0 Å². The van der Waals surface area contributed by atoms with Gasteiger partial charge in [-0.2, -0.15) is 8.78 Å². The maximum atomic E-state index is 13.4. The topological polar surface area (TPSA) is 64.4 Å². The molecule has 7 heteroatoms. The molecule has 3 N–H and O–H groups in total. The molecular formula is C12H15F3N2O2. The van der Waals surface area contributed by atoms with Gasteiger partial charge in [0.2, 0.25) is 5.91 Å². The molecule has 0 radical (unpaired) electrons. The van der Waals surface area contributed by atoms with Crippen LogP contribution in [-0.4, -0.2) is 18.6 Å². The predicted octanol–water partition coefficient (Wildman–Crippen LogP) is 2.35. The van der Waals surface area contributed by atoms with Crippen LogP contribution in [0, 0.1) is 11.7 Å². The lowest BCUT2D eigenvalue weighted by Crippen LogP contribution is -2.39. The number of rotatable bonds is 5. The van der Waals surface area contributed by atoms with Gasteiger partial charge < -0.3 is 15.8 Å². The normalized spacial score (nSPS) is 12.6. The lowest BCUT2D eigenvalue weighted by atomic mass is 10.0. The number of amides is 1. The predicted molar refractivity (Wildman–Crippen MR) is 64.5 cm³/mol. The van der Waals surface area contributed by atoms with Crippen molar-refractivity contribution in [2.24, 2.45) is 11.7 Å². The number of alkyl halides is 2. The van der Waals surface area contributed by atoms with Crippen LogP contribution in [0.4, 0.5) is 18.9 Å². The van der Waals surface area contributed by atoms with Crippen LogP contribution < -0.4 is 15.8 Å². The third kappa shape index (κ3) is 4.44. The molecule has 0 aliphatic rings. The van der Waals surface area contributed by atoms with Gasteiger partial charge in [0.1, 0.15) is 0 Å². The summed E-state index contributed by atoms with van der Waals surface area (Å²) in [7, 11) is 0. The second-order valence-electron chi connectivity index (χ2n) is 4.28. The molecule has 0 fully saturated rings. The monoisotopic (exact) mass is 276 g/mol. The number of ether oxygens (including phenoxy) is 1. The summed E-state index contributed by atoms with van der Waals surface area (Å²) < 4.78 is 41.2. The Kier molecular flexibility index (Phi) is 5.17. The van der Waals surface area contributed by atoms with Crippen molar-refractivity contribution in [1.82, 2.24) is 0 Å². The molecular weight excluding hydrogens is 261 g/mol. The van der Waals surface area contributed by atoms with Crippen LogP contribution in [0.1, 0.15) is 13.8 Å². The average Bonchev–Trinajstić information content (AvgIpc) is 2.31. The highest BCUT2D eigenvalue weighted by Crippen LogP contribution is 2.23. The number of nitrogens with two attached hydrogens (primary N) is 1. The highest BCUT2D eigenvalue weighted by molar-refractivity contribution is 5.94. The van der Waals surface area contributed by atoms with E-state index in [4.69, 9.17) is 5.73 Å². The lowest BCUT2D eigenvalue weighted by molar-refractivity contribution is -0.118. The molecule has 0 unspecified atom stereocenters. The molecule has 106 valence electrons. The van der Waals surface area contributed by atoms with Gasteiger partial charge in [-0.15, -0.1) is 0 Å². The van der Waals surface area contributed by atoms with Gasteiger partial charge in [0.15, 0.2) is 11.6 Å². The van der Waals surface area contributed by atoms with Gasteiger partial charge in [-0.05, 0) is 18.1 Å². The van der Waals surface area contributed by atoms with Crippen LogP contribution in [0.3, 0.4) is 0 Å². The quantitative estimate of drug-likeness (QED) is 0.867. The maximum absolute atomic E-state index is 13.4. The van der Waals surface area contributed by atoms with Gasteiger partial charge in [-0.1, -0.05) is 13.8 Å². The second kappa shape index (κ2) is 6.42. The molecule has 0 bridgehead atoms. The van der Waals surface area contributed by atoms with E-state index in [2.05, 4.69) is 10.1 Å². The van der Waals surface area contributed by atoms with Crippen molar-refractivity contribution in [3.05, 3.63) is 24.0 Å². The zero-order valence-electron chi connectivity index (χ0n) is 10.5. The number of benzene rings is 1. The number of carbonyl (C=O) groups is 1. The summed E-state index contributed by atoms with van der Waals surface area (Å²) in [6.45, 7) is 0.429. The van der Waals surface area contributed by atoms with Gasteiger partial charge in [0.05, 0.1) is 6.04 Å². The van der Waals surface area contributed by atoms with Gasteiger partial charge in [0, 0.05) is 11.8 Å². The molecule has 0 aliphatic carbocycles. The van der Waals surface area contributed by atoms with Gasteiger partial charge in [0.25, 0.3) is 0 Å². The van der Waals surface area contributed by atoms with E-state index in [-0.39, 0.29) is 11.6 Å². The highest BCUT2D eigenvalue weighted by atomic mass is 19.3. The molecule has 1 rings (SSSR count). The number of anilines is 1. The van der Waals surface area contributed by atoms with Crippen molar-refractivity contribution in [3.63, 3.8) is 0 Å². The molecule has 1 aromatic rings. The number of nitrogens with one attached hydrogen (secondary N) is 1. The summed E-state index contributed by atoms with van der Waals surface area (Å²) in [4.78, 5) is 11.6. The fourth-order valence-corrected chi connectivity index (χ4v) is 1.30. The molecule has 1 atom stereocenters. The van der Waals surface area contributed by atoms with E-state index in [9.17, 15) is 18.0 Å². The van der Waals surface area contributed by atoms with Crippen LogP contribution in [-0.2, 0) is 4.79 Å². The lowest BCUT2D eigenvalue weighted by Gasteiger charge is -2.15. The largest absolute Gasteiger partial charge is 0.432 e. The van der Waals surface area contributed by atoms with Crippen molar-refractivity contribution in [2.45, 2.75) is 26.5 Å². The van der Waals surface area contributed by atoms with Gasteiger partial charge in [-0.3, -0.25) is 4.79 Å². The van der Waals surface area contributed by atoms with Gasteiger partial charge >= 0.3 is 6.61 Å². The molecule has 1 aromatic carbocycles. The Balaban J connectivity index is 2.76. The first-order valence-corrected chi connectivity index (χ1v) is 5.62. The summed E-state index contributed by atoms with van der Waals surface area (Å²) in [6.07, 6.45) is 0. The number of hydrogen-bond acceptors (Lipinski definition) is 3. The third-order valence-corrected chi connectivity index (χ3v) is 2.44. The molecule has 19 heavy (non-hydrogen) atoms. The Morgan fingerprint density at radius 1 is 1.37 bits per heavy atom. The fraction of sp³-hybridized carbons (Fsp3) is 0.417. The SMILES string of the molecule is CC(C)[C@@H](N)C(=O)Nc1ccc(OC(F)F)c(F)c1. The fourth-order valence-electron chi connectivity index (χ4n) is 1.30. The van der Waals surface area contributed by atoms with Crippen LogP contribution in [0.15, 0.2) is 18.2 Å². The standard InChI is InChI=1S/C12H15F3N2O2/c1-6(2)10(16)11(18)17-7-3-4-9(8(13)5-7)19-12(14)15/h3-6,10,12H,16H2,1-2H3,(H,17,18)/t10-/m1/s1. The van der Waals surface area contributed by atoms with E-state index in [1.807, 2.05) is 0 Å². The zero-order chi connectivity index (χ0) is 14.6. The minimum absolute atomic E-state index is 0.0775. The number of carbonyl (C=O) groups excluding carboxylic acids is 1. The summed E-state index contributed by atoms with van der Waals surface area (Å²) in [5, 5.41) is 2.40. The first-order chi connectivity index (χ1) is 8.81. The van der Waals surface area contributed by atoms with Crippen LogP contribution >= 0.6 is 0 Å². The zero-order valence-corrected chi connectivity index (χ0v) is 10.5. The van der Waals surface area contributed by atoms with Crippen molar-refractivity contribution >= 4 is 11.6 Å². The van der Waals surface area contributed by atoms with Crippen LogP contribution in [0.2, 0.25) is 0 Å². The molecule has 0 aliphatic heterocycles. The smallest absolute Gasteiger partial charge is 0.387 e. The van der Waals surface area contributed by atoms with Crippen molar-refractivity contribution in [3.8, 4) is 5.75 Å². The van der Waals surface area contributed by atoms with E-state index in [1.165, 1.54) is 6.07 Å². The third-order valence-electron chi connectivity index (χ3n) is 2.44. The number of halogens is 3. The Labute approximate surface area is 108 Å². The first kappa shape index (κ1) is 15.3. The average molecular weight is 276 g/mol. The van der Waals surface area contributed by atoms with Crippen molar-refractivity contribution in [1.29, 1.82) is 0 Å².